The van der Waals surface area contributed by atoms with Gasteiger partial charge in [-0.3, -0.25) is 4.79 Å². The molecule has 0 saturated carbocycles. The lowest BCUT2D eigenvalue weighted by Gasteiger charge is -2.21. The van der Waals surface area contributed by atoms with Gasteiger partial charge in [0.05, 0.1) is 29.0 Å². The SMILES string of the molecule is CNC(=O)c1ccc(N)cc1N(C)Cc1cscn1. The van der Waals surface area contributed by atoms with E-state index >= 15 is 0 Å². The zero-order valence-electron chi connectivity index (χ0n) is 10.9. The van der Waals surface area contributed by atoms with Crippen LogP contribution in [0.2, 0.25) is 0 Å². The van der Waals surface area contributed by atoms with E-state index < -0.39 is 0 Å². The zero-order valence-corrected chi connectivity index (χ0v) is 11.7. The normalized spacial score (nSPS) is 10.2. The molecule has 0 atom stereocenters. The van der Waals surface area contributed by atoms with Gasteiger partial charge in [-0.05, 0) is 18.2 Å². The van der Waals surface area contributed by atoms with Crippen molar-refractivity contribution in [1.29, 1.82) is 0 Å². The maximum Gasteiger partial charge on any atom is 0.253 e. The first-order valence-corrected chi connectivity index (χ1v) is 6.76. The van der Waals surface area contributed by atoms with E-state index in [2.05, 4.69) is 10.3 Å². The summed E-state index contributed by atoms with van der Waals surface area (Å²) in [6, 6.07) is 5.27. The molecule has 0 aliphatic carbocycles. The number of aromatic nitrogens is 1. The molecule has 0 unspecified atom stereocenters. The molecular weight excluding hydrogens is 260 g/mol. The number of thiazole rings is 1. The van der Waals surface area contributed by atoms with Gasteiger partial charge in [0.1, 0.15) is 0 Å². The van der Waals surface area contributed by atoms with Crippen molar-refractivity contribution in [1.82, 2.24) is 10.3 Å². The molecule has 1 heterocycles. The topological polar surface area (TPSA) is 71.2 Å². The van der Waals surface area contributed by atoms with Gasteiger partial charge in [-0.2, -0.15) is 0 Å². The van der Waals surface area contributed by atoms with E-state index in [0.29, 0.717) is 17.8 Å². The fourth-order valence-corrected chi connectivity index (χ4v) is 2.38. The number of rotatable bonds is 4. The standard InChI is InChI=1S/C13H16N4OS/c1-15-13(18)11-4-3-9(14)5-12(11)17(2)6-10-7-19-8-16-10/h3-5,7-8H,6,14H2,1-2H3,(H,15,18). The molecule has 5 nitrogen and oxygen atoms in total. The van der Waals surface area contributed by atoms with Gasteiger partial charge in [-0.15, -0.1) is 11.3 Å². The molecule has 1 amide bonds. The van der Waals surface area contributed by atoms with Gasteiger partial charge >= 0.3 is 0 Å². The molecule has 0 fully saturated rings. The molecule has 1 aromatic heterocycles. The summed E-state index contributed by atoms with van der Waals surface area (Å²) in [5.74, 6) is -0.125. The number of amides is 1. The van der Waals surface area contributed by atoms with Gasteiger partial charge in [0.25, 0.3) is 5.91 Å². The predicted octanol–water partition coefficient (Wildman–Crippen LogP) is 1.72. The number of carbonyl (C=O) groups excluding carboxylic acids is 1. The second-order valence-electron chi connectivity index (χ2n) is 4.19. The second kappa shape index (κ2) is 5.71. The molecule has 100 valence electrons. The Hall–Kier alpha value is -2.08. The Morgan fingerprint density at radius 2 is 2.32 bits per heavy atom. The third kappa shape index (κ3) is 3.03. The van der Waals surface area contributed by atoms with Gasteiger partial charge in [0.15, 0.2) is 0 Å². The van der Waals surface area contributed by atoms with Crippen molar-refractivity contribution in [3.8, 4) is 0 Å². The van der Waals surface area contributed by atoms with Crippen LogP contribution in [-0.4, -0.2) is 25.0 Å². The van der Waals surface area contributed by atoms with Crippen molar-refractivity contribution in [3.63, 3.8) is 0 Å². The maximum atomic E-state index is 11.9. The summed E-state index contributed by atoms with van der Waals surface area (Å²) in [5.41, 5.74) is 10.6. The van der Waals surface area contributed by atoms with E-state index in [-0.39, 0.29) is 5.91 Å². The predicted molar refractivity (Wildman–Crippen MR) is 78.5 cm³/mol. The molecule has 2 aromatic rings. The molecule has 0 saturated heterocycles. The van der Waals surface area contributed by atoms with Crippen LogP contribution in [0.4, 0.5) is 11.4 Å². The van der Waals surface area contributed by atoms with E-state index in [9.17, 15) is 4.79 Å². The number of nitrogens with zero attached hydrogens (tertiary/aromatic N) is 2. The lowest BCUT2D eigenvalue weighted by atomic mass is 10.1. The summed E-state index contributed by atoms with van der Waals surface area (Å²) in [4.78, 5) is 18.1. The number of hydrogen-bond acceptors (Lipinski definition) is 5. The lowest BCUT2D eigenvalue weighted by Crippen LogP contribution is -2.24. The van der Waals surface area contributed by atoms with E-state index in [1.807, 2.05) is 17.3 Å². The number of hydrogen-bond donors (Lipinski definition) is 2. The molecule has 1 aromatic carbocycles. The third-order valence-corrected chi connectivity index (χ3v) is 3.42. The first kappa shape index (κ1) is 13.4. The van der Waals surface area contributed by atoms with Gasteiger partial charge in [-0.25, -0.2) is 4.98 Å². The molecule has 0 spiro atoms. The Labute approximate surface area is 116 Å². The largest absolute Gasteiger partial charge is 0.399 e. The Bertz CT molecular complexity index is 568. The van der Waals surface area contributed by atoms with Crippen LogP contribution in [0.3, 0.4) is 0 Å². The van der Waals surface area contributed by atoms with Crippen LogP contribution in [0, 0.1) is 0 Å². The van der Waals surface area contributed by atoms with E-state index in [0.717, 1.165) is 11.4 Å². The summed E-state index contributed by atoms with van der Waals surface area (Å²) in [6.07, 6.45) is 0. The Morgan fingerprint density at radius 3 is 2.95 bits per heavy atom. The quantitative estimate of drug-likeness (QED) is 0.834. The number of nitrogen functional groups attached to an aromatic ring is 1. The van der Waals surface area contributed by atoms with Crippen molar-refractivity contribution in [2.45, 2.75) is 6.54 Å². The number of anilines is 2. The maximum absolute atomic E-state index is 11.9. The zero-order chi connectivity index (χ0) is 13.8. The smallest absolute Gasteiger partial charge is 0.253 e. The monoisotopic (exact) mass is 276 g/mol. The molecule has 19 heavy (non-hydrogen) atoms. The molecule has 0 radical (unpaired) electrons. The van der Waals surface area contributed by atoms with Gasteiger partial charge in [0.2, 0.25) is 0 Å². The first-order chi connectivity index (χ1) is 9.11. The Balaban J connectivity index is 2.31. The molecule has 2 rings (SSSR count). The number of nitrogens with one attached hydrogen (secondary N) is 1. The first-order valence-electron chi connectivity index (χ1n) is 5.81. The molecule has 6 heteroatoms. The van der Waals surface area contributed by atoms with Crippen molar-refractivity contribution < 1.29 is 4.79 Å². The fourth-order valence-electron chi connectivity index (χ4n) is 1.83. The lowest BCUT2D eigenvalue weighted by molar-refractivity contribution is 0.0963. The van der Waals surface area contributed by atoms with E-state index in [1.165, 1.54) is 0 Å². The van der Waals surface area contributed by atoms with Crippen LogP contribution in [0.25, 0.3) is 0 Å². The van der Waals surface area contributed by atoms with Crippen LogP contribution in [0.5, 0.6) is 0 Å². The van der Waals surface area contributed by atoms with Crippen molar-refractivity contribution >= 4 is 28.6 Å². The van der Waals surface area contributed by atoms with Gasteiger partial charge in [-0.1, -0.05) is 0 Å². The van der Waals surface area contributed by atoms with Crippen LogP contribution in [-0.2, 0) is 6.54 Å². The molecular formula is C13H16N4OS. The highest BCUT2D eigenvalue weighted by molar-refractivity contribution is 7.07. The molecule has 0 aliphatic heterocycles. The summed E-state index contributed by atoms with van der Waals surface area (Å²) in [7, 11) is 3.53. The van der Waals surface area contributed by atoms with Crippen LogP contribution in [0.1, 0.15) is 16.1 Å². The Kier molecular flexibility index (Phi) is 4.01. The molecule has 3 N–H and O–H groups in total. The average Bonchev–Trinajstić information content (AvgIpc) is 2.90. The van der Waals surface area contributed by atoms with E-state index in [1.54, 1.807) is 42.1 Å². The van der Waals surface area contributed by atoms with Crippen LogP contribution >= 0.6 is 11.3 Å². The summed E-state index contributed by atoms with van der Waals surface area (Å²) < 4.78 is 0. The number of carbonyl (C=O) groups is 1. The minimum atomic E-state index is -0.125. The van der Waals surface area contributed by atoms with Gasteiger partial charge in [0, 0.05) is 25.2 Å². The van der Waals surface area contributed by atoms with Crippen molar-refractivity contribution in [2.75, 3.05) is 24.7 Å². The highest BCUT2D eigenvalue weighted by Gasteiger charge is 2.14. The van der Waals surface area contributed by atoms with Gasteiger partial charge < -0.3 is 16.0 Å². The number of benzene rings is 1. The number of nitrogens with two attached hydrogens (primary N) is 1. The summed E-state index contributed by atoms with van der Waals surface area (Å²) in [5, 5.41) is 4.62. The fraction of sp³-hybridized carbons (Fsp3) is 0.231. The average molecular weight is 276 g/mol. The molecule has 0 bridgehead atoms. The summed E-state index contributed by atoms with van der Waals surface area (Å²) in [6.45, 7) is 0.636. The molecule has 0 aliphatic rings. The van der Waals surface area contributed by atoms with Crippen LogP contribution in [0.15, 0.2) is 29.1 Å². The third-order valence-electron chi connectivity index (χ3n) is 2.79. The van der Waals surface area contributed by atoms with Crippen molar-refractivity contribution in [2.24, 2.45) is 0 Å². The Morgan fingerprint density at radius 1 is 1.53 bits per heavy atom. The summed E-state index contributed by atoms with van der Waals surface area (Å²) >= 11 is 1.55. The van der Waals surface area contributed by atoms with Crippen LogP contribution < -0.4 is 16.0 Å². The minimum Gasteiger partial charge on any atom is -0.399 e. The minimum absolute atomic E-state index is 0.125. The highest BCUT2D eigenvalue weighted by Crippen LogP contribution is 2.24. The van der Waals surface area contributed by atoms with Crippen molar-refractivity contribution in [3.05, 3.63) is 40.3 Å². The highest BCUT2D eigenvalue weighted by atomic mass is 32.1. The second-order valence-corrected chi connectivity index (χ2v) is 4.91. The van der Waals surface area contributed by atoms with E-state index in [4.69, 9.17) is 5.73 Å².